The molecule has 0 spiro atoms. The summed E-state index contributed by atoms with van der Waals surface area (Å²) < 4.78 is 10.3. The van der Waals surface area contributed by atoms with Crippen LogP contribution in [0.1, 0.15) is 51.2 Å². The number of amides is 1. The van der Waals surface area contributed by atoms with Crippen LogP contribution in [0.2, 0.25) is 0 Å². The first-order chi connectivity index (χ1) is 13.8. The molecule has 0 heterocycles. The van der Waals surface area contributed by atoms with Gasteiger partial charge in [-0.1, -0.05) is 38.1 Å². The molecule has 29 heavy (non-hydrogen) atoms. The van der Waals surface area contributed by atoms with Crippen LogP contribution in [0.15, 0.2) is 24.3 Å². The summed E-state index contributed by atoms with van der Waals surface area (Å²) in [6, 6.07) is 7.30. The van der Waals surface area contributed by atoms with Gasteiger partial charge in [0.2, 0.25) is 5.91 Å². The molecule has 0 saturated carbocycles. The molecule has 0 aromatic heterocycles. The number of rotatable bonds is 14. The van der Waals surface area contributed by atoms with Gasteiger partial charge in [-0.05, 0) is 24.0 Å². The molecular formula is C22H31NO6. The Morgan fingerprint density at radius 2 is 1.66 bits per heavy atom. The minimum atomic E-state index is -0.234. The van der Waals surface area contributed by atoms with E-state index >= 15 is 0 Å². The first-order valence-corrected chi connectivity index (χ1v) is 9.85. The Labute approximate surface area is 172 Å². The lowest BCUT2D eigenvalue weighted by Gasteiger charge is -2.08. The van der Waals surface area contributed by atoms with E-state index in [1.165, 1.54) is 6.92 Å². The third-order valence-electron chi connectivity index (χ3n) is 3.86. The monoisotopic (exact) mass is 405 g/mol. The minimum Gasteiger partial charge on any atom is -0.466 e. The third kappa shape index (κ3) is 12.5. The number of ketones is 2. The molecule has 0 aliphatic rings. The van der Waals surface area contributed by atoms with Crippen LogP contribution in [0.5, 0.6) is 0 Å². The fraction of sp³-hybridized carbons (Fsp3) is 0.545. The Kier molecular flexibility index (Phi) is 11.5. The van der Waals surface area contributed by atoms with Crippen molar-refractivity contribution in [2.24, 2.45) is 5.92 Å². The van der Waals surface area contributed by atoms with Gasteiger partial charge in [0.25, 0.3) is 0 Å². The fourth-order valence-electron chi connectivity index (χ4n) is 2.50. The van der Waals surface area contributed by atoms with Gasteiger partial charge in [-0.2, -0.15) is 0 Å². The average molecular weight is 405 g/mol. The Hall–Kier alpha value is -2.54. The minimum absolute atomic E-state index is 0.0435. The SMILES string of the molecule is CC(=O)CC(=O)Cc1ccc(CNC(=O)COCCCOC(=O)CC(C)C)cc1. The van der Waals surface area contributed by atoms with Gasteiger partial charge in [0.05, 0.1) is 19.6 Å². The predicted octanol–water partition coefficient (Wildman–Crippen LogP) is 2.39. The molecule has 0 bridgehead atoms. The molecule has 7 heteroatoms. The average Bonchev–Trinajstić information content (AvgIpc) is 2.62. The Balaban J connectivity index is 2.16. The molecule has 7 nitrogen and oxygen atoms in total. The summed E-state index contributed by atoms with van der Waals surface area (Å²) in [7, 11) is 0. The molecule has 0 fully saturated rings. The van der Waals surface area contributed by atoms with E-state index in [1.54, 1.807) is 0 Å². The topological polar surface area (TPSA) is 98.8 Å². The summed E-state index contributed by atoms with van der Waals surface area (Å²) >= 11 is 0. The van der Waals surface area contributed by atoms with Crippen LogP contribution in [-0.4, -0.2) is 43.3 Å². The van der Waals surface area contributed by atoms with Gasteiger partial charge in [-0.15, -0.1) is 0 Å². The van der Waals surface area contributed by atoms with Crippen LogP contribution in [-0.2, 0) is 41.6 Å². The highest BCUT2D eigenvalue weighted by Gasteiger charge is 2.08. The molecule has 0 aliphatic heterocycles. The van der Waals surface area contributed by atoms with Gasteiger partial charge in [0.1, 0.15) is 18.2 Å². The zero-order chi connectivity index (χ0) is 21.6. The number of hydrogen-bond donors (Lipinski definition) is 1. The van der Waals surface area contributed by atoms with E-state index in [4.69, 9.17) is 9.47 Å². The number of carbonyl (C=O) groups is 4. The van der Waals surface area contributed by atoms with Gasteiger partial charge in [0.15, 0.2) is 0 Å². The van der Waals surface area contributed by atoms with E-state index in [1.807, 2.05) is 38.1 Å². The van der Waals surface area contributed by atoms with Crippen LogP contribution in [0.3, 0.4) is 0 Å². The van der Waals surface area contributed by atoms with Crippen molar-refractivity contribution in [3.8, 4) is 0 Å². The van der Waals surface area contributed by atoms with Crippen LogP contribution in [0.4, 0.5) is 0 Å². The Morgan fingerprint density at radius 3 is 2.28 bits per heavy atom. The molecule has 0 radical (unpaired) electrons. The van der Waals surface area contributed by atoms with Crippen molar-refractivity contribution < 1.29 is 28.7 Å². The summed E-state index contributed by atoms with van der Waals surface area (Å²) in [5.41, 5.74) is 1.74. The zero-order valence-electron chi connectivity index (χ0n) is 17.5. The van der Waals surface area contributed by atoms with Crippen molar-refractivity contribution in [3.05, 3.63) is 35.4 Å². The zero-order valence-corrected chi connectivity index (χ0v) is 17.5. The molecule has 1 amide bonds. The summed E-state index contributed by atoms with van der Waals surface area (Å²) in [5, 5.41) is 2.76. The first kappa shape index (κ1) is 24.5. The van der Waals surface area contributed by atoms with Crippen molar-refractivity contribution >= 4 is 23.4 Å². The summed E-state index contributed by atoms with van der Waals surface area (Å²) in [6.07, 6.45) is 1.13. The largest absolute Gasteiger partial charge is 0.466 e. The number of carbonyl (C=O) groups excluding carboxylic acids is 4. The second-order valence-electron chi connectivity index (χ2n) is 7.41. The molecule has 0 unspecified atom stereocenters. The van der Waals surface area contributed by atoms with Crippen molar-refractivity contribution in [2.75, 3.05) is 19.8 Å². The van der Waals surface area contributed by atoms with Crippen molar-refractivity contribution in [2.45, 2.75) is 53.0 Å². The maximum Gasteiger partial charge on any atom is 0.306 e. The summed E-state index contributed by atoms with van der Waals surface area (Å²) in [6.45, 7) is 6.23. The summed E-state index contributed by atoms with van der Waals surface area (Å²) in [4.78, 5) is 45.8. The Bertz CT molecular complexity index is 681. The maximum absolute atomic E-state index is 11.8. The van der Waals surface area contributed by atoms with Gasteiger partial charge >= 0.3 is 5.97 Å². The number of esters is 1. The molecule has 160 valence electrons. The highest BCUT2D eigenvalue weighted by atomic mass is 16.5. The van der Waals surface area contributed by atoms with Crippen LogP contribution in [0.25, 0.3) is 0 Å². The van der Waals surface area contributed by atoms with E-state index in [0.717, 1.165) is 11.1 Å². The summed E-state index contributed by atoms with van der Waals surface area (Å²) in [5.74, 6) is -0.420. The second-order valence-corrected chi connectivity index (χ2v) is 7.41. The maximum atomic E-state index is 11.8. The van der Waals surface area contributed by atoms with Crippen molar-refractivity contribution in [1.82, 2.24) is 5.32 Å². The number of nitrogens with one attached hydrogen (secondary N) is 1. The number of Topliss-reactive ketones (excluding diaryl/α,β-unsaturated/α-hetero) is 2. The molecule has 1 aromatic carbocycles. The molecule has 0 atom stereocenters. The lowest BCUT2D eigenvalue weighted by Crippen LogP contribution is -2.27. The van der Waals surface area contributed by atoms with E-state index in [0.29, 0.717) is 26.0 Å². The quantitative estimate of drug-likeness (QED) is 0.290. The predicted molar refractivity (Wildman–Crippen MR) is 108 cm³/mol. The first-order valence-electron chi connectivity index (χ1n) is 9.85. The van der Waals surface area contributed by atoms with Crippen molar-refractivity contribution in [1.29, 1.82) is 0 Å². The highest BCUT2D eigenvalue weighted by Crippen LogP contribution is 2.07. The molecule has 0 saturated heterocycles. The van der Waals surface area contributed by atoms with Gasteiger partial charge in [-0.25, -0.2) is 0 Å². The Morgan fingerprint density at radius 1 is 1.00 bits per heavy atom. The van der Waals surface area contributed by atoms with Crippen LogP contribution in [0, 0.1) is 5.92 Å². The number of benzene rings is 1. The van der Waals surface area contributed by atoms with Gasteiger partial charge in [-0.3, -0.25) is 19.2 Å². The van der Waals surface area contributed by atoms with Crippen LogP contribution >= 0.6 is 0 Å². The second kappa shape index (κ2) is 13.6. The number of hydrogen-bond acceptors (Lipinski definition) is 6. The lowest BCUT2D eigenvalue weighted by atomic mass is 10.0. The fourth-order valence-corrected chi connectivity index (χ4v) is 2.50. The van der Waals surface area contributed by atoms with Crippen LogP contribution < -0.4 is 5.32 Å². The lowest BCUT2D eigenvalue weighted by molar-refractivity contribution is -0.145. The third-order valence-corrected chi connectivity index (χ3v) is 3.86. The standard InChI is InChI=1S/C22H31NO6/c1-16(2)11-22(27)29-10-4-9-28-15-21(26)23-14-19-7-5-18(6-8-19)13-20(25)12-17(3)24/h5-8,16H,4,9-15H2,1-3H3,(H,23,26). The van der Waals surface area contributed by atoms with E-state index in [-0.39, 0.29) is 55.4 Å². The highest BCUT2D eigenvalue weighted by molar-refractivity contribution is 5.98. The molecule has 0 aliphatic carbocycles. The van der Waals surface area contributed by atoms with Gasteiger partial charge in [0, 0.05) is 25.8 Å². The van der Waals surface area contributed by atoms with E-state index in [2.05, 4.69) is 5.32 Å². The molecule has 1 rings (SSSR count). The normalized spacial score (nSPS) is 10.6. The number of ether oxygens (including phenoxy) is 2. The molecule has 1 aromatic rings. The van der Waals surface area contributed by atoms with E-state index in [9.17, 15) is 19.2 Å². The van der Waals surface area contributed by atoms with Gasteiger partial charge < -0.3 is 14.8 Å². The molecule has 1 N–H and O–H groups in total. The van der Waals surface area contributed by atoms with Crippen molar-refractivity contribution in [3.63, 3.8) is 0 Å². The van der Waals surface area contributed by atoms with E-state index < -0.39 is 0 Å². The smallest absolute Gasteiger partial charge is 0.306 e. The molecular weight excluding hydrogens is 374 g/mol.